The summed E-state index contributed by atoms with van der Waals surface area (Å²) in [5, 5.41) is 23.6. The van der Waals surface area contributed by atoms with Crippen LogP contribution in [0, 0.1) is 0 Å². The third-order valence-electron chi connectivity index (χ3n) is 5.82. The average Bonchev–Trinajstić information content (AvgIpc) is 3.21. The van der Waals surface area contributed by atoms with E-state index < -0.39 is 5.97 Å². The molecule has 3 aromatic rings. The van der Waals surface area contributed by atoms with E-state index in [9.17, 15) is 19.5 Å². The number of amides is 2. The molecule has 9 heteroatoms. The Kier molecular flexibility index (Phi) is 5.69. The first-order valence-electron chi connectivity index (χ1n) is 10.7. The molecule has 2 aliphatic heterocycles. The normalized spacial score (nSPS) is 15.4. The van der Waals surface area contributed by atoms with Crippen LogP contribution in [-0.2, 0) is 21.1 Å². The van der Waals surface area contributed by atoms with Crippen LogP contribution in [0.15, 0.2) is 89.5 Å². The minimum absolute atomic E-state index is 0.000665. The first kappa shape index (κ1) is 22.2. The van der Waals surface area contributed by atoms with E-state index in [2.05, 4.69) is 9.99 Å². The van der Waals surface area contributed by atoms with Gasteiger partial charge in [0.15, 0.2) is 5.84 Å². The van der Waals surface area contributed by atoms with Gasteiger partial charge in [-0.25, -0.2) is 9.68 Å². The summed E-state index contributed by atoms with van der Waals surface area (Å²) >= 11 is 0. The smallest absolute Gasteiger partial charge is 0.335 e. The zero-order valence-corrected chi connectivity index (χ0v) is 18.3. The maximum atomic E-state index is 13.6. The van der Waals surface area contributed by atoms with E-state index in [-0.39, 0.29) is 36.2 Å². The zero-order valence-electron chi connectivity index (χ0n) is 18.3. The molecule has 2 aliphatic rings. The summed E-state index contributed by atoms with van der Waals surface area (Å²) < 4.78 is 0. The molecule has 0 saturated carbocycles. The Hall–Kier alpha value is -4.60. The molecule has 3 aromatic carbocycles. The molecule has 5 rings (SSSR count). The van der Waals surface area contributed by atoms with Gasteiger partial charge in [0, 0.05) is 0 Å². The van der Waals surface area contributed by atoms with Crippen LogP contribution in [0.5, 0.6) is 0 Å². The third kappa shape index (κ3) is 3.99. The van der Waals surface area contributed by atoms with Crippen LogP contribution in [0.4, 0.5) is 11.4 Å². The van der Waals surface area contributed by atoms with Crippen molar-refractivity contribution in [2.24, 2.45) is 5.10 Å². The summed E-state index contributed by atoms with van der Waals surface area (Å²) in [7, 11) is 0. The van der Waals surface area contributed by atoms with E-state index in [1.165, 1.54) is 34.2 Å². The molecule has 0 fully saturated rings. The van der Waals surface area contributed by atoms with Crippen LogP contribution in [0.25, 0.3) is 5.57 Å². The standard InChI is InChI=1S/C26H19N3O6/c30-22-14-21(17-4-2-1-3-5-17)23-24(28(22)19-12-8-18(9-13-19)26(32)33)27-29(25(23)31)20-10-6-16(7-11-20)15-35-34/h1-13,34H,14-15H2,(H,32,33). The number of carbonyl (C=O) groups is 3. The van der Waals surface area contributed by atoms with Crippen LogP contribution in [0.3, 0.4) is 0 Å². The van der Waals surface area contributed by atoms with Crippen molar-refractivity contribution in [3.05, 3.63) is 101 Å². The molecule has 0 spiro atoms. The maximum Gasteiger partial charge on any atom is 0.335 e. The molecule has 9 nitrogen and oxygen atoms in total. The van der Waals surface area contributed by atoms with Crippen molar-refractivity contribution in [2.75, 3.05) is 9.91 Å². The van der Waals surface area contributed by atoms with Gasteiger partial charge in [-0.2, -0.15) is 5.01 Å². The van der Waals surface area contributed by atoms with Gasteiger partial charge < -0.3 is 5.11 Å². The second-order valence-electron chi connectivity index (χ2n) is 7.96. The molecule has 0 aromatic heterocycles. The molecule has 35 heavy (non-hydrogen) atoms. The lowest BCUT2D eigenvalue weighted by atomic mass is 9.91. The Bertz CT molecular complexity index is 1380. The quantitative estimate of drug-likeness (QED) is 0.417. The summed E-state index contributed by atoms with van der Waals surface area (Å²) in [4.78, 5) is 43.7. The lowest BCUT2D eigenvalue weighted by Crippen LogP contribution is -2.41. The number of hydrazone groups is 1. The van der Waals surface area contributed by atoms with E-state index >= 15 is 0 Å². The van der Waals surface area contributed by atoms with Gasteiger partial charge in [0.05, 0.1) is 28.9 Å². The predicted octanol–water partition coefficient (Wildman–Crippen LogP) is 3.93. The second kappa shape index (κ2) is 8.98. The van der Waals surface area contributed by atoms with Gasteiger partial charge in [-0.1, -0.05) is 42.5 Å². The van der Waals surface area contributed by atoms with Crippen molar-refractivity contribution in [3.8, 4) is 0 Å². The minimum Gasteiger partial charge on any atom is -0.478 e. The molecule has 2 N–H and O–H groups in total. The van der Waals surface area contributed by atoms with E-state index in [1.807, 2.05) is 30.3 Å². The monoisotopic (exact) mass is 469 g/mol. The number of anilines is 2. The molecule has 0 atom stereocenters. The number of carboxylic acid groups (broad SMARTS) is 1. The Morgan fingerprint density at radius 1 is 0.914 bits per heavy atom. The van der Waals surface area contributed by atoms with Crippen LogP contribution >= 0.6 is 0 Å². The molecule has 0 saturated heterocycles. The molecule has 2 heterocycles. The molecule has 0 radical (unpaired) electrons. The number of hydrogen-bond donors (Lipinski definition) is 2. The predicted molar refractivity (Wildman–Crippen MR) is 128 cm³/mol. The van der Waals surface area contributed by atoms with Crippen molar-refractivity contribution in [1.29, 1.82) is 0 Å². The minimum atomic E-state index is -1.08. The number of hydrogen-bond acceptors (Lipinski definition) is 6. The Balaban J connectivity index is 1.63. The summed E-state index contributed by atoms with van der Waals surface area (Å²) in [6.07, 6.45) is -0.0224. The highest BCUT2D eigenvalue weighted by atomic mass is 17.1. The fraction of sp³-hybridized carbons (Fsp3) is 0.0769. The van der Waals surface area contributed by atoms with E-state index in [1.54, 1.807) is 24.3 Å². The fourth-order valence-corrected chi connectivity index (χ4v) is 4.14. The lowest BCUT2D eigenvalue weighted by Gasteiger charge is -2.28. The largest absolute Gasteiger partial charge is 0.478 e. The number of nitrogens with zero attached hydrogens (tertiary/aromatic N) is 3. The number of carboxylic acids is 1. The SMILES string of the molecule is O=C(O)c1ccc(N2C(=O)CC(c3ccccc3)=C3C(=O)N(c4ccc(COO)cc4)N=C32)cc1. The van der Waals surface area contributed by atoms with Crippen molar-refractivity contribution in [1.82, 2.24) is 0 Å². The number of fused-ring (bicyclic) bond motifs is 1. The van der Waals surface area contributed by atoms with E-state index in [0.29, 0.717) is 28.1 Å². The van der Waals surface area contributed by atoms with Crippen molar-refractivity contribution in [3.63, 3.8) is 0 Å². The molecule has 0 bridgehead atoms. The van der Waals surface area contributed by atoms with E-state index in [4.69, 9.17) is 5.26 Å². The van der Waals surface area contributed by atoms with Crippen LogP contribution in [0.1, 0.15) is 27.9 Å². The lowest BCUT2D eigenvalue weighted by molar-refractivity contribution is -0.253. The van der Waals surface area contributed by atoms with Crippen molar-refractivity contribution >= 4 is 40.6 Å². The highest BCUT2D eigenvalue weighted by molar-refractivity contribution is 6.44. The number of rotatable bonds is 6. The Labute approximate surface area is 199 Å². The highest BCUT2D eigenvalue weighted by Crippen LogP contribution is 2.38. The molecule has 2 amide bonds. The summed E-state index contributed by atoms with van der Waals surface area (Å²) in [5.74, 6) is -1.58. The van der Waals surface area contributed by atoms with Gasteiger partial charge in [-0.05, 0) is 53.1 Å². The van der Waals surface area contributed by atoms with E-state index in [0.717, 1.165) is 5.56 Å². The second-order valence-corrected chi connectivity index (χ2v) is 7.96. The third-order valence-corrected chi connectivity index (χ3v) is 5.82. The topological polar surface area (TPSA) is 120 Å². The zero-order chi connectivity index (χ0) is 24.5. The summed E-state index contributed by atoms with van der Waals surface area (Å²) in [6.45, 7) is 0.000665. The summed E-state index contributed by atoms with van der Waals surface area (Å²) in [5.41, 5.74) is 3.30. The average molecular weight is 469 g/mol. The van der Waals surface area contributed by atoms with Gasteiger partial charge in [-0.3, -0.25) is 19.7 Å². The molecule has 174 valence electrons. The van der Waals surface area contributed by atoms with Gasteiger partial charge in [0.25, 0.3) is 5.91 Å². The Morgan fingerprint density at radius 2 is 1.57 bits per heavy atom. The van der Waals surface area contributed by atoms with Crippen molar-refractivity contribution < 1.29 is 29.6 Å². The molecular weight excluding hydrogens is 450 g/mol. The fourth-order valence-electron chi connectivity index (χ4n) is 4.14. The van der Waals surface area contributed by atoms with Gasteiger partial charge in [0.1, 0.15) is 6.61 Å². The van der Waals surface area contributed by atoms with Gasteiger partial charge in [0.2, 0.25) is 5.91 Å². The van der Waals surface area contributed by atoms with Crippen LogP contribution in [-0.4, -0.2) is 34.0 Å². The first-order chi connectivity index (χ1) is 17.0. The number of amidine groups is 1. The van der Waals surface area contributed by atoms with Crippen molar-refractivity contribution in [2.45, 2.75) is 13.0 Å². The molecule has 0 unspecified atom stereocenters. The first-order valence-corrected chi connectivity index (χ1v) is 10.7. The molecule has 0 aliphatic carbocycles. The van der Waals surface area contributed by atoms with Crippen LogP contribution < -0.4 is 9.91 Å². The number of aromatic carboxylic acids is 1. The van der Waals surface area contributed by atoms with Gasteiger partial charge >= 0.3 is 5.97 Å². The maximum absolute atomic E-state index is 13.6. The molecular formula is C26H19N3O6. The number of carbonyl (C=O) groups excluding carboxylic acids is 2. The Morgan fingerprint density at radius 3 is 2.20 bits per heavy atom. The van der Waals surface area contributed by atoms with Crippen LogP contribution in [0.2, 0.25) is 0 Å². The summed E-state index contributed by atoms with van der Waals surface area (Å²) in [6, 6.07) is 21.8. The highest BCUT2D eigenvalue weighted by Gasteiger charge is 2.43. The van der Waals surface area contributed by atoms with Gasteiger partial charge in [-0.15, -0.1) is 5.10 Å². The number of benzene rings is 3.